The predicted octanol–water partition coefficient (Wildman–Crippen LogP) is 3.29. The SMILES string of the molecule is COC(=O)Cc1ccc2cc(OC)ccc2c1SC. The van der Waals surface area contributed by atoms with E-state index in [1.54, 1.807) is 18.9 Å². The molecule has 0 saturated carbocycles. The van der Waals surface area contributed by atoms with E-state index in [0.717, 1.165) is 27.0 Å². The van der Waals surface area contributed by atoms with Crippen molar-refractivity contribution < 1.29 is 14.3 Å². The van der Waals surface area contributed by atoms with Crippen molar-refractivity contribution in [1.82, 2.24) is 0 Å². The van der Waals surface area contributed by atoms with Crippen molar-refractivity contribution in [3.05, 3.63) is 35.9 Å². The molecule has 4 heteroatoms. The van der Waals surface area contributed by atoms with Gasteiger partial charge in [-0.3, -0.25) is 4.79 Å². The first-order valence-electron chi connectivity index (χ1n) is 5.90. The minimum atomic E-state index is -0.219. The van der Waals surface area contributed by atoms with E-state index >= 15 is 0 Å². The average molecular weight is 276 g/mol. The lowest BCUT2D eigenvalue weighted by Gasteiger charge is -2.11. The Kier molecular flexibility index (Phi) is 4.32. The molecule has 0 aliphatic rings. The highest BCUT2D eigenvalue weighted by Crippen LogP contribution is 2.32. The molecule has 0 unspecified atom stereocenters. The number of fused-ring (bicyclic) bond motifs is 1. The number of carbonyl (C=O) groups is 1. The van der Waals surface area contributed by atoms with E-state index in [2.05, 4.69) is 0 Å². The number of carbonyl (C=O) groups excluding carboxylic acids is 1. The topological polar surface area (TPSA) is 35.5 Å². The van der Waals surface area contributed by atoms with Crippen LogP contribution < -0.4 is 4.74 Å². The molecular weight excluding hydrogens is 260 g/mol. The summed E-state index contributed by atoms with van der Waals surface area (Å²) >= 11 is 1.64. The normalized spacial score (nSPS) is 10.5. The fraction of sp³-hybridized carbons (Fsp3) is 0.267. The highest BCUT2D eigenvalue weighted by Gasteiger charge is 2.11. The van der Waals surface area contributed by atoms with E-state index in [9.17, 15) is 4.79 Å². The lowest BCUT2D eigenvalue weighted by molar-refractivity contribution is -0.139. The Morgan fingerprint density at radius 2 is 2.00 bits per heavy atom. The van der Waals surface area contributed by atoms with Crippen molar-refractivity contribution >= 4 is 28.5 Å². The van der Waals surface area contributed by atoms with Gasteiger partial charge in [-0.05, 0) is 40.8 Å². The molecular formula is C15H16O3S. The molecule has 0 spiro atoms. The van der Waals surface area contributed by atoms with Crippen LogP contribution in [-0.4, -0.2) is 26.4 Å². The van der Waals surface area contributed by atoms with Crippen molar-refractivity contribution in [2.75, 3.05) is 20.5 Å². The van der Waals surface area contributed by atoms with Crippen LogP contribution >= 0.6 is 11.8 Å². The van der Waals surface area contributed by atoms with Gasteiger partial charge in [0.25, 0.3) is 0 Å². The molecule has 0 radical (unpaired) electrons. The van der Waals surface area contributed by atoms with E-state index < -0.39 is 0 Å². The summed E-state index contributed by atoms with van der Waals surface area (Å²) in [6.07, 6.45) is 2.31. The van der Waals surface area contributed by atoms with Gasteiger partial charge in [0.2, 0.25) is 0 Å². The standard InChI is InChI=1S/C15H16O3S/c1-17-12-6-7-13-10(8-12)4-5-11(15(13)19-3)9-14(16)18-2/h4-8H,9H2,1-3H3. The van der Waals surface area contributed by atoms with Gasteiger partial charge < -0.3 is 9.47 Å². The Bertz CT molecular complexity index is 608. The molecule has 0 heterocycles. The van der Waals surface area contributed by atoms with Crippen molar-refractivity contribution in [2.24, 2.45) is 0 Å². The highest BCUT2D eigenvalue weighted by molar-refractivity contribution is 7.98. The Balaban J connectivity index is 2.53. The Morgan fingerprint density at radius 1 is 1.21 bits per heavy atom. The Hall–Kier alpha value is -1.68. The first-order valence-corrected chi connectivity index (χ1v) is 7.12. The molecule has 2 rings (SSSR count). The Morgan fingerprint density at radius 3 is 2.63 bits per heavy atom. The summed E-state index contributed by atoms with van der Waals surface area (Å²) in [4.78, 5) is 12.6. The number of methoxy groups -OCH3 is 2. The number of hydrogen-bond acceptors (Lipinski definition) is 4. The zero-order valence-electron chi connectivity index (χ0n) is 11.2. The first kappa shape index (κ1) is 13.7. The van der Waals surface area contributed by atoms with Crippen molar-refractivity contribution in [3.63, 3.8) is 0 Å². The number of esters is 1. The van der Waals surface area contributed by atoms with Crippen LogP contribution in [0.4, 0.5) is 0 Å². The van der Waals surface area contributed by atoms with Gasteiger partial charge in [0.15, 0.2) is 0 Å². The molecule has 0 aliphatic heterocycles. The highest BCUT2D eigenvalue weighted by atomic mass is 32.2. The third kappa shape index (κ3) is 2.84. The molecule has 2 aromatic rings. The molecule has 0 fully saturated rings. The van der Waals surface area contributed by atoms with Crippen LogP contribution in [0.25, 0.3) is 10.8 Å². The molecule has 0 aliphatic carbocycles. The van der Waals surface area contributed by atoms with Crippen molar-refractivity contribution in [2.45, 2.75) is 11.3 Å². The summed E-state index contributed by atoms with van der Waals surface area (Å²) in [5, 5.41) is 2.24. The molecule has 0 atom stereocenters. The van der Waals surface area contributed by atoms with Gasteiger partial charge in [-0.25, -0.2) is 0 Å². The lowest BCUT2D eigenvalue weighted by Crippen LogP contribution is -2.05. The van der Waals surface area contributed by atoms with Crippen LogP contribution in [0, 0.1) is 0 Å². The van der Waals surface area contributed by atoms with Crippen molar-refractivity contribution in [1.29, 1.82) is 0 Å². The summed E-state index contributed by atoms with van der Waals surface area (Å²) < 4.78 is 9.96. The number of ether oxygens (including phenoxy) is 2. The number of hydrogen-bond donors (Lipinski definition) is 0. The monoisotopic (exact) mass is 276 g/mol. The van der Waals surface area contributed by atoms with Gasteiger partial charge in [0.1, 0.15) is 5.75 Å². The summed E-state index contributed by atoms with van der Waals surface area (Å²) in [5.74, 6) is 0.614. The van der Waals surface area contributed by atoms with Crippen LogP contribution in [0.2, 0.25) is 0 Å². The zero-order valence-corrected chi connectivity index (χ0v) is 12.0. The molecule has 0 bridgehead atoms. The third-order valence-electron chi connectivity index (χ3n) is 3.03. The number of thioether (sulfide) groups is 1. The second-order valence-corrected chi connectivity index (χ2v) is 4.91. The van der Waals surface area contributed by atoms with Gasteiger partial charge in [-0.15, -0.1) is 11.8 Å². The molecule has 0 saturated heterocycles. The molecule has 0 amide bonds. The van der Waals surface area contributed by atoms with Crippen LogP contribution in [-0.2, 0) is 16.0 Å². The fourth-order valence-electron chi connectivity index (χ4n) is 2.06. The predicted molar refractivity (Wildman–Crippen MR) is 78.0 cm³/mol. The zero-order chi connectivity index (χ0) is 13.8. The van der Waals surface area contributed by atoms with Crippen LogP contribution in [0.1, 0.15) is 5.56 Å². The summed E-state index contributed by atoms with van der Waals surface area (Å²) in [5.41, 5.74) is 0.997. The van der Waals surface area contributed by atoms with Gasteiger partial charge in [0, 0.05) is 4.90 Å². The van der Waals surface area contributed by atoms with Gasteiger partial charge >= 0.3 is 5.97 Å². The van der Waals surface area contributed by atoms with E-state index in [1.807, 2.05) is 36.6 Å². The number of benzene rings is 2. The summed E-state index contributed by atoms with van der Waals surface area (Å²) in [7, 11) is 3.06. The van der Waals surface area contributed by atoms with E-state index in [0.29, 0.717) is 6.42 Å². The largest absolute Gasteiger partial charge is 0.497 e. The maximum Gasteiger partial charge on any atom is 0.310 e. The molecule has 2 aromatic carbocycles. The van der Waals surface area contributed by atoms with E-state index in [-0.39, 0.29) is 5.97 Å². The van der Waals surface area contributed by atoms with E-state index in [4.69, 9.17) is 9.47 Å². The Labute approximate surface area is 116 Å². The summed E-state index contributed by atoms with van der Waals surface area (Å²) in [6, 6.07) is 9.95. The smallest absolute Gasteiger partial charge is 0.310 e. The lowest BCUT2D eigenvalue weighted by atomic mass is 10.0. The maximum absolute atomic E-state index is 11.4. The van der Waals surface area contributed by atoms with Crippen LogP contribution in [0.5, 0.6) is 5.75 Å². The second kappa shape index (κ2) is 5.97. The molecule has 19 heavy (non-hydrogen) atoms. The number of rotatable bonds is 4. The maximum atomic E-state index is 11.4. The third-order valence-corrected chi connectivity index (χ3v) is 3.92. The summed E-state index contributed by atoms with van der Waals surface area (Å²) in [6.45, 7) is 0. The first-order chi connectivity index (χ1) is 9.19. The molecule has 100 valence electrons. The second-order valence-electron chi connectivity index (χ2n) is 4.10. The van der Waals surface area contributed by atoms with Gasteiger partial charge in [-0.1, -0.05) is 12.1 Å². The van der Waals surface area contributed by atoms with Crippen molar-refractivity contribution in [3.8, 4) is 5.75 Å². The minimum Gasteiger partial charge on any atom is -0.497 e. The quantitative estimate of drug-likeness (QED) is 0.634. The fourth-order valence-corrected chi connectivity index (χ4v) is 2.87. The molecule has 0 aromatic heterocycles. The van der Waals surface area contributed by atoms with E-state index in [1.165, 1.54) is 7.11 Å². The van der Waals surface area contributed by atoms with Gasteiger partial charge in [0.05, 0.1) is 20.6 Å². The van der Waals surface area contributed by atoms with Crippen LogP contribution in [0.15, 0.2) is 35.2 Å². The molecule has 3 nitrogen and oxygen atoms in total. The van der Waals surface area contributed by atoms with Gasteiger partial charge in [-0.2, -0.15) is 0 Å². The van der Waals surface area contributed by atoms with Crippen LogP contribution in [0.3, 0.4) is 0 Å². The average Bonchev–Trinajstić information content (AvgIpc) is 2.46. The minimum absolute atomic E-state index is 0.219. The molecule has 0 N–H and O–H groups in total.